The first-order valence-electron chi connectivity index (χ1n) is 10.0. The molecule has 2 heterocycles. The molecule has 1 aromatic heterocycles. The third-order valence-corrected chi connectivity index (χ3v) is 5.36. The first-order valence-corrected chi connectivity index (χ1v) is 10.0. The molecule has 0 bridgehead atoms. The van der Waals surface area contributed by atoms with Gasteiger partial charge in [-0.2, -0.15) is 0 Å². The Kier molecular flexibility index (Phi) is 6.41. The van der Waals surface area contributed by atoms with E-state index in [-0.39, 0.29) is 24.4 Å². The number of carbonyl (C=O) groups is 3. The molecule has 0 saturated heterocycles. The first kappa shape index (κ1) is 22.0. The molecule has 160 valence electrons. The van der Waals surface area contributed by atoms with E-state index in [1.54, 1.807) is 19.2 Å². The van der Waals surface area contributed by atoms with E-state index in [4.69, 9.17) is 0 Å². The van der Waals surface area contributed by atoms with Gasteiger partial charge in [0, 0.05) is 12.6 Å². The molecule has 0 radical (unpaired) electrons. The third-order valence-electron chi connectivity index (χ3n) is 5.36. The lowest BCUT2D eigenvalue weighted by Gasteiger charge is -2.33. The summed E-state index contributed by atoms with van der Waals surface area (Å²) in [6.07, 6.45) is 3.66. The molecule has 1 aromatic carbocycles. The molecule has 2 N–H and O–H groups in total. The fourth-order valence-electron chi connectivity index (χ4n) is 3.54. The predicted molar refractivity (Wildman–Crippen MR) is 116 cm³/mol. The summed E-state index contributed by atoms with van der Waals surface area (Å²) in [7, 11) is 0. The summed E-state index contributed by atoms with van der Waals surface area (Å²) in [5.74, 6) is -2.34. The number of quaternary nitrogens is 1. The molecular formula is C23H25N4O4+. The molecule has 1 amide bonds. The Hall–Kier alpha value is -3.65. The Balaban J connectivity index is 2.10. The Labute approximate surface area is 180 Å². The van der Waals surface area contributed by atoms with E-state index < -0.39 is 28.0 Å². The van der Waals surface area contributed by atoms with Crippen LogP contribution in [0, 0.1) is 6.92 Å². The summed E-state index contributed by atoms with van der Waals surface area (Å²) >= 11 is 0. The van der Waals surface area contributed by atoms with Gasteiger partial charge in [-0.15, -0.1) is 4.59 Å². The highest BCUT2D eigenvalue weighted by molar-refractivity contribution is 6.50. The number of amides is 1. The standard InChI is InChI=1S/C23H24N4O4/c1-4-27(13-11-17-8-6-5-7-9-17)22(29)20(25-18-14-24-12-10-15(18)2)19(16(3)28)21(26-27)23(30)31/h5-10,12,14H,4,11,13H2,1-3H3,(H-,25,26,28,30,31)/p+1. The lowest BCUT2D eigenvalue weighted by Crippen LogP contribution is -2.55. The largest absolute Gasteiger partial charge is 0.476 e. The van der Waals surface area contributed by atoms with Gasteiger partial charge in [0.15, 0.2) is 11.5 Å². The van der Waals surface area contributed by atoms with Crippen LogP contribution in [0.1, 0.15) is 25.0 Å². The van der Waals surface area contributed by atoms with Crippen molar-refractivity contribution in [2.75, 3.05) is 18.4 Å². The van der Waals surface area contributed by atoms with Crippen molar-refractivity contribution in [3.05, 3.63) is 71.2 Å². The average Bonchev–Trinajstić information content (AvgIpc) is 2.76. The van der Waals surface area contributed by atoms with Gasteiger partial charge >= 0.3 is 11.9 Å². The molecule has 1 atom stereocenters. The number of carboxylic acids is 1. The number of anilines is 1. The quantitative estimate of drug-likeness (QED) is 0.635. The van der Waals surface area contributed by atoms with E-state index >= 15 is 0 Å². The number of benzene rings is 1. The highest BCUT2D eigenvalue weighted by Gasteiger charge is 2.47. The zero-order chi connectivity index (χ0) is 22.6. The smallest absolute Gasteiger partial charge is 0.389 e. The van der Waals surface area contributed by atoms with Gasteiger partial charge in [0.1, 0.15) is 13.1 Å². The number of carbonyl (C=O) groups excluding carboxylic acids is 2. The normalized spacial score (nSPS) is 18.5. The lowest BCUT2D eigenvalue weighted by molar-refractivity contribution is -0.857. The predicted octanol–water partition coefficient (Wildman–Crippen LogP) is 2.71. The van der Waals surface area contributed by atoms with Crippen LogP contribution >= 0.6 is 0 Å². The van der Waals surface area contributed by atoms with Crippen molar-refractivity contribution in [2.24, 2.45) is 5.10 Å². The van der Waals surface area contributed by atoms with Crippen molar-refractivity contribution < 1.29 is 24.1 Å². The number of carboxylic acid groups (broad SMARTS) is 1. The molecule has 3 rings (SSSR count). The summed E-state index contributed by atoms with van der Waals surface area (Å²) in [5.41, 5.74) is 1.64. The summed E-state index contributed by atoms with van der Waals surface area (Å²) in [5, 5.41) is 17.1. The molecule has 0 spiro atoms. The zero-order valence-corrected chi connectivity index (χ0v) is 17.8. The van der Waals surface area contributed by atoms with Gasteiger partial charge < -0.3 is 10.4 Å². The zero-order valence-electron chi connectivity index (χ0n) is 17.8. The van der Waals surface area contributed by atoms with Crippen molar-refractivity contribution in [3.8, 4) is 0 Å². The van der Waals surface area contributed by atoms with Crippen LogP contribution in [-0.4, -0.2) is 51.1 Å². The monoisotopic (exact) mass is 421 g/mol. The van der Waals surface area contributed by atoms with E-state index in [2.05, 4.69) is 15.4 Å². The molecule has 0 aliphatic carbocycles. The van der Waals surface area contributed by atoms with Crippen LogP contribution in [-0.2, 0) is 20.8 Å². The number of rotatable bonds is 8. The van der Waals surface area contributed by atoms with Crippen LogP contribution in [0.4, 0.5) is 5.69 Å². The number of Topliss-reactive ketones (excluding diaryl/α,β-unsaturated/α-hetero) is 1. The van der Waals surface area contributed by atoms with Gasteiger partial charge in [-0.05, 0) is 38.0 Å². The van der Waals surface area contributed by atoms with E-state index in [9.17, 15) is 19.5 Å². The van der Waals surface area contributed by atoms with Crippen molar-refractivity contribution >= 4 is 29.1 Å². The number of ketones is 1. The molecule has 31 heavy (non-hydrogen) atoms. The van der Waals surface area contributed by atoms with Crippen molar-refractivity contribution in [2.45, 2.75) is 27.2 Å². The van der Waals surface area contributed by atoms with Crippen LogP contribution in [0.2, 0.25) is 0 Å². The average molecular weight is 421 g/mol. The fourth-order valence-corrected chi connectivity index (χ4v) is 3.54. The number of aryl methyl sites for hydroxylation is 1. The summed E-state index contributed by atoms with van der Waals surface area (Å²) in [4.78, 5) is 42.2. The van der Waals surface area contributed by atoms with E-state index in [1.165, 1.54) is 13.1 Å². The van der Waals surface area contributed by atoms with Crippen LogP contribution in [0.25, 0.3) is 0 Å². The van der Waals surface area contributed by atoms with Gasteiger partial charge in [0.25, 0.3) is 0 Å². The van der Waals surface area contributed by atoms with Gasteiger partial charge in [0.05, 0.1) is 17.5 Å². The maximum Gasteiger partial charge on any atom is 0.389 e. The summed E-state index contributed by atoms with van der Waals surface area (Å²) in [6, 6.07) is 11.4. The number of pyridine rings is 1. The second-order valence-corrected chi connectivity index (χ2v) is 7.38. The molecule has 1 aliphatic rings. The number of aromatic nitrogens is 1. The van der Waals surface area contributed by atoms with E-state index in [0.29, 0.717) is 12.1 Å². The number of likely N-dealkylation sites (N-methyl/N-ethyl adjacent to an activating group) is 1. The lowest BCUT2D eigenvalue weighted by atomic mass is 10.00. The minimum Gasteiger partial charge on any atom is -0.476 e. The second kappa shape index (κ2) is 9.01. The van der Waals surface area contributed by atoms with Crippen LogP contribution in [0.5, 0.6) is 0 Å². The number of nitrogens with zero attached hydrogens (tertiary/aromatic N) is 3. The maximum absolute atomic E-state index is 13.7. The molecular weight excluding hydrogens is 396 g/mol. The minimum atomic E-state index is -1.35. The number of aliphatic carboxylic acids is 1. The maximum atomic E-state index is 13.7. The first-order chi connectivity index (χ1) is 14.8. The molecule has 0 fully saturated rings. The SMILES string of the molecule is CC[N+]1(CCc2ccccc2)N=C(C(=O)O)C(C(C)=O)=C(Nc2cnccc2C)C1=O. The third kappa shape index (κ3) is 4.44. The minimum absolute atomic E-state index is 0.0640. The second-order valence-electron chi connectivity index (χ2n) is 7.38. The Morgan fingerprint density at radius 3 is 2.45 bits per heavy atom. The molecule has 8 heteroatoms. The highest BCUT2D eigenvalue weighted by Crippen LogP contribution is 2.28. The van der Waals surface area contributed by atoms with Gasteiger partial charge in [-0.3, -0.25) is 9.78 Å². The van der Waals surface area contributed by atoms with Crippen molar-refractivity contribution in [1.82, 2.24) is 4.98 Å². The van der Waals surface area contributed by atoms with Crippen molar-refractivity contribution in [3.63, 3.8) is 0 Å². The number of hydrogen-bond donors (Lipinski definition) is 2. The summed E-state index contributed by atoms with van der Waals surface area (Å²) in [6.45, 7) is 5.34. The number of nitrogens with one attached hydrogen (secondary N) is 1. The Morgan fingerprint density at radius 2 is 1.87 bits per heavy atom. The van der Waals surface area contributed by atoms with Crippen LogP contribution in [0.3, 0.4) is 0 Å². The molecule has 0 saturated carbocycles. The van der Waals surface area contributed by atoms with Gasteiger partial charge in [0.2, 0.25) is 5.71 Å². The highest BCUT2D eigenvalue weighted by atomic mass is 16.4. The molecule has 1 unspecified atom stereocenters. The van der Waals surface area contributed by atoms with E-state index in [1.807, 2.05) is 37.3 Å². The van der Waals surface area contributed by atoms with E-state index in [0.717, 1.165) is 11.1 Å². The Morgan fingerprint density at radius 1 is 1.16 bits per heavy atom. The topological polar surface area (TPSA) is 109 Å². The molecule has 1 aliphatic heterocycles. The van der Waals surface area contributed by atoms with Gasteiger partial charge in [-0.25, -0.2) is 9.59 Å². The summed E-state index contributed by atoms with van der Waals surface area (Å²) < 4.78 is -0.449. The fraction of sp³-hybridized carbons (Fsp3) is 0.261. The van der Waals surface area contributed by atoms with Crippen LogP contribution < -0.4 is 5.32 Å². The van der Waals surface area contributed by atoms with Gasteiger partial charge in [-0.1, -0.05) is 35.4 Å². The van der Waals surface area contributed by atoms with Crippen LogP contribution in [0.15, 0.2) is 65.2 Å². The molecule has 2 aromatic rings. The molecule has 8 nitrogen and oxygen atoms in total. The Bertz CT molecular complexity index is 1090. The van der Waals surface area contributed by atoms with Crippen molar-refractivity contribution in [1.29, 1.82) is 0 Å². The number of hydrogen-bond acceptors (Lipinski definition) is 6.